The lowest BCUT2D eigenvalue weighted by Gasteiger charge is -2.08. The Morgan fingerprint density at radius 2 is 2.05 bits per heavy atom. The van der Waals surface area contributed by atoms with E-state index in [4.69, 9.17) is 9.47 Å². The topological polar surface area (TPSA) is 48.4 Å². The summed E-state index contributed by atoms with van der Waals surface area (Å²) in [6, 6.07) is 9.02. The van der Waals surface area contributed by atoms with E-state index in [1.54, 1.807) is 18.5 Å². The molecule has 2 aliphatic heterocycles. The van der Waals surface area contributed by atoms with E-state index < -0.39 is 0 Å². The van der Waals surface area contributed by atoms with Crippen LogP contribution in [0.5, 0.6) is 11.5 Å². The lowest BCUT2D eigenvalue weighted by Crippen LogP contribution is -2.04. The SMILES string of the molecule is O=c1cc2ccc3c(c2c2cccncc1-2)OCO3. The van der Waals surface area contributed by atoms with E-state index in [-0.39, 0.29) is 12.2 Å². The predicted molar refractivity (Wildman–Crippen MR) is 70.8 cm³/mol. The van der Waals surface area contributed by atoms with Crippen LogP contribution in [0.25, 0.3) is 21.9 Å². The molecule has 0 aromatic heterocycles. The maximum absolute atomic E-state index is 12.1. The maximum atomic E-state index is 12.1. The van der Waals surface area contributed by atoms with Crippen molar-refractivity contribution < 1.29 is 9.47 Å². The molecule has 4 rings (SSSR count). The van der Waals surface area contributed by atoms with Crippen molar-refractivity contribution in [2.45, 2.75) is 0 Å². The Bertz CT molecular complexity index is 829. The molecular weight excluding hydrogens is 242 g/mol. The molecule has 0 spiro atoms. The zero-order chi connectivity index (χ0) is 12.8. The van der Waals surface area contributed by atoms with Crippen LogP contribution in [0.15, 0.2) is 47.5 Å². The summed E-state index contributed by atoms with van der Waals surface area (Å²) in [5.41, 5.74) is 1.38. The molecule has 0 N–H and O–H groups in total. The van der Waals surface area contributed by atoms with Crippen LogP contribution in [0.1, 0.15) is 0 Å². The number of hydrogen-bond acceptors (Lipinski definition) is 4. The number of hydrogen-bond donors (Lipinski definition) is 0. The van der Waals surface area contributed by atoms with Gasteiger partial charge in [-0.3, -0.25) is 9.78 Å². The number of fused-ring (bicyclic) bond motifs is 5. The Kier molecular flexibility index (Phi) is 2.00. The molecule has 1 aromatic carbocycles. The summed E-state index contributed by atoms with van der Waals surface area (Å²) >= 11 is 0. The van der Waals surface area contributed by atoms with Crippen molar-refractivity contribution in [2.75, 3.05) is 6.79 Å². The molecule has 2 heterocycles. The van der Waals surface area contributed by atoms with Crippen LogP contribution in [0.2, 0.25) is 0 Å². The average molecular weight is 251 g/mol. The third-order valence-electron chi connectivity index (χ3n) is 3.32. The number of aromatic nitrogens is 1. The Labute approximate surface area is 108 Å². The normalized spacial score (nSPS) is 13.1. The lowest BCUT2D eigenvalue weighted by atomic mass is 9.97. The monoisotopic (exact) mass is 251 g/mol. The van der Waals surface area contributed by atoms with E-state index >= 15 is 0 Å². The largest absolute Gasteiger partial charge is 0.454 e. The van der Waals surface area contributed by atoms with Crippen molar-refractivity contribution in [3.63, 3.8) is 0 Å². The van der Waals surface area contributed by atoms with Gasteiger partial charge >= 0.3 is 0 Å². The minimum atomic E-state index is -0.0370. The summed E-state index contributed by atoms with van der Waals surface area (Å²) in [6.07, 6.45) is 3.25. The van der Waals surface area contributed by atoms with Gasteiger partial charge in [0.25, 0.3) is 0 Å². The quantitative estimate of drug-likeness (QED) is 0.615. The van der Waals surface area contributed by atoms with Gasteiger partial charge in [-0.25, -0.2) is 0 Å². The average Bonchev–Trinajstić information content (AvgIpc) is 2.74. The Morgan fingerprint density at radius 3 is 3.00 bits per heavy atom. The van der Waals surface area contributed by atoms with Gasteiger partial charge < -0.3 is 9.47 Å². The molecule has 92 valence electrons. The Balaban J connectivity index is 2.28. The van der Waals surface area contributed by atoms with Crippen LogP contribution >= 0.6 is 0 Å². The fourth-order valence-corrected chi connectivity index (χ4v) is 2.48. The zero-order valence-electron chi connectivity index (χ0n) is 9.92. The lowest BCUT2D eigenvalue weighted by molar-refractivity contribution is 0.175. The van der Waals surface area contributed by atoms with Crippen LogP contribution < -0.4 is 14.9 Å². The van der Waals surface area contributed by atoms with E-state index in [1.165, 1.54) is 0 Å². The molecule has 3 aliphatic rings. The van der Waals surface area contributed by atoms with Crippen LogP contribution in [0.3, 0.4) is 0 Å². The molecule has 0 unspecified atom stereocenters. The highest BCUT2D eigenvalue weighted by Crippen LogP contribution is 2.42. The van der Waals surface area contributed by atoms with Gasteiger partial charge in [0.05, 0.1) is 0 Å². The first-order chi connectivity index (χ1) is 9.34. The van der Waals surface area contributed by atoms with Gasteiger partial charge in [-0.15, -0.1) is 0 Å². The van der Waals surface area contributed by atoms with Gasteiger partial charge in [-0.1, -0.05) is 12.1 Å². The molecular formula is C15H9NO3. The minimum Gasteiger partial charge on any atom is -0.454 e. The summed E-state index contributed by atoms with van der Waals surface area (Å²) in [5, 5.41) is 1.76. The Morgan fingerprint density at radius 1 is 1.11 bits per heavy atom. The van der Waals surface area contributed by atoms with Gasteiger partial charge in [-0.05, 0) is 29.1 Å². The molecule has 4 nitrogen and oxygen atoms in total. The molecule has 0 saturated carbocycles. The van der Waals surface area contributed by atoms with Crippen molar-refractivity contribution in [2.24, 2.45) is 0 Å². The fourth-order valence-electron chi connectivity index (χ4n) is 2.48. The minimum absolute atomic E-state index is 0.0370. The van der Waals surface area contributed by atoms with Crippen molar-refractivity contribution in [3.8, 4) is 22.6 Å². The molecule has 1 aliphatic carbocycles. The van der Waals surface area contributed by atoms with E-state index in [1.807, 2.05) is 24.3 Å². The van der Waals surface area contributed by atoms with Crippen LogP contribution in [-0.4, -0.2) is 11.8 Å². The smallest absolute Gasteiger partial charge is 0.231 e. The van der Waals surface area contributed by atoms with Crippen LogP contribution in [0.4, 0.5) is 0 Å². The number of ether oxygens (including phenoxy) is 2. The zero-order valence-corrected chi connectivity index (χ0v) is 9.92. The van der Waals surface area contributed by atoms with Gasteiger partial charge in [0.1, 0.15) is 0 Å². The van der Waals surface area contributed by atoms with Gasteiger partial charge in [0.15, 0.2) is 16.9 Å². The van der Waals surface area contributed by atoms with Gasteiger partial charge in [0.2, 0.25) is 6.79 Å². The summed E-state index contributed by atoms with van der Waals surface area (Å²) in [6.45, 7) is 0.215. The fraction of sp³-hybridized carbons (Fsp3) is 0.0667. The maximum Gasteiger partial charge on any atom is 0.231 e. The molecule has 19 heavy (non-hydrogen) atoms. The second-order valence-electron chi connectivity index (χ2n) is 4.39. The molecule has 1 aromatic rings. The first-order valence-corrected chi connectivity index (χ1v) is 5.94. The first-order valence-electron chi connectivity index (χ1n) is 5.94. The second-order valence-corrected chi connectivity index (χ2v) is 4.39. The molecule has 0 saturated heterocycles. The molecule has 0 fully saturated rings. The van der Waals surface area contributed by atoms with Crippen molar-refractivity contribution in [1.82, 2.24) is 4.98 Å². The molecule has 0 atom stereocenters. The predicted octanol–water partition coefficient (Wildman–Crippen LogP) is 2.43. The van der Waals surface area contributed by atoms with Crippen LogP contribution in [0, 0.1) is 0 Å². The summed E-state index contributed by atoms with van der Waals surface area (Å²) < 4.78 is 10.9. The highest BCUT2D eigenvalue weighted by atomic mass is 16.7. The van der Waals surface area contributed by atoms with Gasteiger partial charge in [-0.2, -0.15) is 0 Å². The van der Waals surface area contributed by atoms with Crippen molar-refractivity contribution in [1.29, 1.82) is 0 Å². The van der Waals surface area contributed by atoms with E-state index in [0.29, 0.717) is 17.1 Å². The summed E-state index contributed by atoms with van der Waals surface area (Å²) in [7, 11) is 0. The van der Waals surface area contributed by atoms with Crippen molar-refractivity contribution in [3.05, 3.63) is 52.9 Å². The highest BCUT2D eigenvalue weighted by Gasteiger charge is 2.21. The first kappa shape index (κ1) is 10.3. The molecule has 0 amide bonds. The Hall–Kier alpha value is -2.62. The second kappa shape index (κ2) is 3.68. The standard InChI is InChI=1S/C15H9NO3/c17-12-6-9-3-4-13-15(19-8-18-13)14(9)10-2-1-5-16-7-11(10)12/h1-7H,8H2. The molecule has 0 radical (unpaired) electrons. The highest BCUT2D eigenvalue weighted by molar-refractivity contribution is 6.03. The third-order valence-corrected chi connectivity index (χ3v) is 3.32. The summed E-state index contributed by atoms with van der Waals surface area (Å²) in [4.78, 5) is 16.2. The number of benzene rings is 2. The molecule has 4 heteroatoms. The van der Waals surface area contributed by atoms with E-state index in [2.05, 4.69) is 4.98 Å². The van der Waals surface area contributed by atoms with Crippen LogP contribution in [-0.2, 0) is 0 Å². The van der Waals surface area contributed by atoms with E-state index in [9.17, 15) is 4.79 Å². The summed E-state index contributed by atoms with van der Waals surface area (Å²) in [5.74, 6) is 1.42. The van der Waals surface area contributed by atoms with E-state index in [0.717, 1.165) is 16.3 Å². The van der Waals surface area contributed by atoms with Gasteiger partial charge in [0, 0.05) is 23.3 Å². The number of nitrogens with zero attached hydrogens (tertiary/aromatic N) is 1. The number of rotatable bonds is 0. The third kappa shape index (κ3) is 1.40. The van der Waals surface area contributed by atoms with Crippen molar-refractivity contribution >= 4 is 10.8 Å². The molecule has 0 bridgehead atoms.